The van der Waals surface area contributed by atoms with E-state index in [1.165, 1.54) is 14.6 Å². The van der Waals surface area contributed by atoms with Gasteiger partial charge in [0.2, 0.25) is 9.23 Å². The molecule has 4 aromatic heterocycles. The van der Waals surface area contributed by atoms with Crippen molar-refractivity contribution in [3.8, 4) is 0 Å². The monoisotopic (exact) mass is 1110 g/mol. The Morgan fingerprint density at radius 2 is 0.956 bits per heavy atom. The fraction of sp³-hybridized carbons (Fsp3) is 0.568. The van der Waals surface area contributed by atoms with Crippen molar-refractivity contribution in [2.45, 2.75) is 84.5 Å². The van der Waals surface area contributed by atoms with Crippen LogP contribution in [-0.2, 0) is 49.1 Å². The lowest BCUT2D eigenvalue weighted by molar-refractivity contribution is -0.187. The number of hydrogen-bond donors (Lipinski definition) is 2. The Morgan fingerprint density at radius 3 is 1.24 bits per heavy atom. The molecule has 3 fully saturated rings. The molecule has 7 rings (SSSR count). The van der Waals surface area contributed by atoms with Gasteiger partial charge in [0.05, 0.1) is 12.5 Å². The molecule has 3 aliphatic heterocycles. The molecule has 3 amide bonds. The lowest BCUT2D eigenvalue weighted by Crippen LogP contribution is -2.51. The number of alkyl halides is 4. The second-order valence-corrected chi connectivity index (χ2v) is 23.7. The van der Waals surface area contributed by atoms with E-state index in [2.05, 4.69) is 54.0 Å². The molecule has 68 heavy (non-hydrogen) atoms. The van der Waals surface area contributed by atoms with Gasteiger partial charge in [-0.2, -0.15) is 13.2 Å². The minimum absolute atomic E-state index is 0.143. The van der Waals surface area contributed by atoms with Crippen molar-refractivity contribution in [3.63, 3.8) is 0 Å². The second-order valence-electron chi connectivity index (χ2n) is 16.8. The maximum atomic E-state index is 12.2. The summed E-state index contributed by atoms with van der Waals surface area (Å²) in [6.45, 7) is 21.0. The van der Waals surface area contributed by atoms with E-state index in [0.29, 0.717) is 19.0 Å². The normalized spacial score (nSPS) is 15.6. The highest BCUT2D eigenvalue weighted by atomic mass is 36.0. The smallest absolute Gasteiger partial charge is 0.444 e. The molecule has 0 atom stereocenters. The Hall–Kier alpha value is -2.54. The summed E-state index contributed by atoms with van der Waals surface area (Å²) < 4.78 is 56.4. The SMILES string of the molecule is CC(C)(C)OC(=O)N1CCN(Cc2cccs2)CC1.CC(C)(C)OC(=O)N1CCNCC1.ClCc1cccs1.O=C(N1CCN(Cc2cccs2)CC1)C(F)(F)F.O=S(Cl)Cl.OCc1cccs1. The molecule has 13 nitrogen and oxygen atoms in total. The van der Waals surface area contributed by atoms with Gasteiger partial charge < -0.3 is 34.6 Å². The van der Waals surface area contributed by atoms with Gasteiger partial charge in [-0.1, -0.05) is 24.3 Å². The summed E-state index contributed by atoms with van der Waals surface area (Å²) in [5.41, 5.74) is -0.798. The second kappa shape index (κ2) is 32.4. The summed E-state index contributed by atoms with van der Waals surface area (Å²) in [4.78, 5) is 48.1. The standard InChI is InChI=1S/C14H22N2O2S.C11H13F3N2OS.C9H18N2O2.C5H5ClS.C5H6OS.Cl2OS/c1-14(2,3)18-13(17)16-8-6-15(7-9-16)11-12-5-4-10-19-12;12-11(13,14)10(17)16-5-3-15(4-6-16)8-9-2-1-7-18-9;1-9(2,3)13-8(12)11-6-4-10-5-7-11;2*6-4-5-2-1-3-7-5;1-4(2)3/h4-5,10H,6-9,11H2,1-3H3;1-2,7H,3-6,8H2;10H,4-7H2,1-3H3;1-3H,4H2;1-3,6H,4H2;. The molecule has 0 radical (unpaired) electrons. The Kier molecular flexibility index (Phi) is 29.4. The highest BCUT2D eigenvalue weighted by molar-refractivity contribution is 8.26. The van der Waals surface area contributed by atoms with Crippen LogP contribution in [-0.4, -0.2) is 148 Å². The number of halogens is 6. The predicted molar refractivity (Wildman–Crippen MR) is 274 cm³/mol. The molecule has 0 aliphatic carbocycles. The van der Waals surface area contributed by atoms with E-state index in [4.69, 9.17) is 30.4 Å². The first kappa shape index (κ1) is 61.6. The number of ether oxygens (including phenoxy) is 2. The van der Waals surface area contributed by atoms with Gasteiger partial charge in [0, 0.05) is 132 Å². The Morgan fingerprint density at radius 1 is 0.618 bits per heavy atom. The first-order valence-electron chi connectivity index (χ1n) is 21.5. The molecule has 4 aromatic rings. The van der Waals surface area contributed by atoms with Gasteiger partial charge in [-0.05, 0) is 87.3 Å². The first-order chi connectivity index (χ1) is 32.0. The number of nitrogens with one attached hydrogen (secondary N) is 1. The zero-order valence-electron chi connectivity index (χ0n) is 39.2. The largest absolute Gasteiger partial charge is 0.471 e. The lowest BCUT2D eigenvalue weighted by Gasteiger charge is -2.35. The van der Waals surface area contributed by atoms with Crippen molar-refractivity contribution < 1.29 is 46.3 Å². The quantitative estimate of drug-likeness (QED) is 0.142. The van der Waals surface area contributed by atoms with E-state index in [1.807, 2.05) is 94.1 Å². The Bertz CT molecular complexity index is 1910. The molecule has 3 saturated heterocycles. The number of aliphatic hydroxyl groups is 1. The molecule has 0 bridgehead atoms. The van der Waals surface area contributed by atoms with E-state index in [-0.39, 0.29) is 37.5 Å². The summed E-state index contributed by atoms with van der Waals surface area (Å²) in [7, 11) is 7.36. The average Bonchev–Trinajstić information content (AvgIpc) is 4.14. The highest BCUT2D eigenvalue weighted by Crippen LogP contribution is 2.21. The molecule has 2 N–H and O–H groups in total. The highest BCUT2D eigenvalue weighted by Gasteiger charge is 2.43. The van der Waals surface area contributed by atoms with E-state index in [9.17, 15) is 27.6 Å². The summed E-state index contributed by atoms with van der Waals surface area (Å²) in [6.07, 6.45) is -5.15. The van der Waals surface area contributed by atoms with Gasteiger partial charge in [-0.15, -0.1) is 56.9 Å². The number of aliphatic hydroxyl groups excluding tert-OH is 1. The predicted octanol–water partition coefficient (Wildman–Crippen LogP) is 10.4. The molecule has 0 spiro atoms. The molecular weight excluding hydrogens is 1050 g/mol. The topological polar surface area (TPSA) is 135 Å². The van der Waals surface area contributed by atoms with Crippen molar-refractivity contribution >= 4 is 106 Å². The van der Waals surface area contributed by atoms with Crippen LogP contribution in [0, 0.1) is 0 Å². The van der Waals surface area contributed by atoms with Crippen LogP contribution in [0.4, 0.5) is 22.8 Å². The van der Waals surface area contributed by atoms with Crippen LogP contribution >= 0.6 is 78.3 Å². The molecule has 0 unspecified atom stereocenters. The third kappa shape index (κ3) is 28.3. The van der Waals surface area contributed by atoms with Gasteiger partial charge in [0.1, 0.15) is 11.2 Å². The maximum absolute atomic E-state index is 12.2. The van der Waals surface area contributed by atoms with Crippen molar-refractivity contribution in [2.75, 3.05) is 78.5 Å². The van der Waals surface area contributed by atoms with Crippen LogP contribution in [0.1, 0.15) is 61.1 Å². The molecule has 0 saturated carbocycles. The zero-order valence-corrected chi connectivity index (χ0v) is 45.5. The molecule has 0 aromatic carbocycles. The van der Waals surface area contributed by atoms with Gasteiger partial charge in [0.25, 0.3) is 0 Å². The van der Waals surface area contributed by atoms with E-state index < -0.39 is 26.9 Å². The third-order valence-electron chi connectivity index (χ3n) is 9.06. The maximum Gasteiger partial charge on any atom is 0.471 e. The van der Waals surface area contributed by atoms with Crippen LogP contribution in [0.5, 0.6) is 0 Å². The zero-order chi connectivity index (χ0) is 50.8. The van der Waals surface area contributed by atoms with Crippen LogP contribution in [0.2, 0.25) is 0 Å². The lowest BCUT2D eigenvalue weighted by atomic mass is 10.2. The molecule has 7 heterocycles. The van der Waals surface area contributed by atoms with Gasteiger partial charge in [-0.3, -0.25) is 14.6 Å². The number of rotatable bonds is 6. The molecule has 384 valence electrons. The fourth-order valence-electron chi connectivity index (χ4n) is 5.91. The van der Waals surface area contributed by atoms with E-state index in [0.717, 1.165) is 75.2 Å². The number of carbonyl (C=O) groups excluding carboxylic acids is 3. The minimum Gasteiger partial charge on any atom is -0.444 e. The fourth-order valence-corrected chi connectivity index (χ4v) is 8.80. The van der Waals surface area contributed by atoms with Crippen molar-refractivity contribution in [1.82, 2.24) is 29.8 Å². The van der Waals surface area contributed by atoms with Crippen LogP contribution in [0.15, 0.2) is 70.1 Å². The number of hydrogen-bond acceptors (Lipinski definition) is 14. The van der Waals surface area contributed by atoms with Gasteiger partial charge >= 0.3 is 24.3 Å². The Balaban J connectivity index is 0.000000299. The molecular formula is C44H64Cl3F3N6O7S5. The summed E-state index contributed by atoms with van der Waals surface area (Å²) in [5, 5.41) is 19.7. The number of thiophene rings is 4. The average molecular weight is 1110 g/mol. The van der Waals surface area contributed by atoms with E-state index in [1.54, 1.807) is 55.1 Å². The molecule has 3 aliphatic rings. The van der Waals surface area contributed by atoms with Crippen LogP contribution < -0.4 is 5.32 Å². The summed E-state index contributed by atoms with van der Waals surface area (Å²) >= 11 is 12.2. The van der Waals surface area contributed by atoms with Crippen molar-refractivity contribution in [3.05, 3.63) is 89.6 Å². The number of nitrogens with zero attached hydrogens (tertiary/aromatic N) is 5. The van der Waals surface area contributed by atoms with Gasteiger partial charge in [-0.25, -0.2) is 13.8 Å². The first-order valence-corrected chi connectivity index (χ1v) is 28.3. The summed E-state index contributed by atoms with van der Waals surface area (Å²) in [6, 6.07) is 16.0. The number of amides is 3. The van der Waals surface area contributed by atoms with Crippen LogP contribution in [0.3, 0.4) is 0 Å². The molecule has 24 heteroatoms. The van der Waals surface area contributed by atoms with Crippen LogP contribution in [0.25, 0.3) is 0 Å². The Labute approximate surface area is 431 Å². The van der Waals surface area contributed by atoms with Gasteiger partial charge in [0.15, 0.2) is 0 Å². The van der Waals surface area contributed by atoms with E-state index >= 15 is 0 Å². The summed E-state index contributed by atoms with van der Waals surface area (Å²) in [5.74, 6) is -1.07. The van der Waals surface area contributed by atoms with Crippen molar-refractivity contribution in [2.24, 2.45) is 0 Å². The number of carbonyl (C=O) groups is 3. The van der Waals surface area contributed by atoms with Crippen molar-refractivity contribution in [1.29, 1.82) is 0 Å². The number of piperazine rings is 3. The minimum atomic E-state index is -4.75. The third-order valence-corrected chi connectivity index (χ3v) is 13.0.